The summed E-state index contributed by atoms with van der Waals surface area (Å²) in [7, 11) is 0. The van der Waals surface area contributed by atoms with Crippen molar-refractivity contribution in [3.05, 3.63) is 24.9 Å². The second kappa shape index (κ2) is 7.90. The zero-order valence-corrected chi connectivity index (χ0v) is 9.18. The summed E-state index contributed by atoms with van der Waals surface area (Å²) in [4.78, 5) is 2.34. The Morgan fingerprint density at radius 1 is 1.31 bits per heavy atom. The Morgan fingerprint density at radius 2 is 2.00 bits per heavy atom. The van der Waals surface area contributed by atoms with E-state index in [-0.39, 0.29) is 0 Å². The highest BCUT2D eigenvalue weighted by atomic mass is 15.1. The van der Waals surface area contributed by atoms with Crippen LogP contribution in [0.15, 0.2) is 24.9 Å². The third-order valence-electron chi connectivity index (χ3n) is 2.17. The summed E-state index contributed by atoms with van der Waals surface area (Å²) in [5.74, 6) is 0. The third-order valence-corrected chi connectivity index (χ3v) is 2.17. The minimum Gasteiger partial charge on any atom is -0.375 e. The lowest BCUT2D eigenvalue weighted by atomic mass is 10.2. The van der Waals surface area contributed by atoms with E-state index in [1.165, 1.54) is 25.0 Å². The summed E-state index contributed by atoms with van der Waals surface area (Å²) in [6.45, 7) is 14.2. The van der Waals surface area contributed by atoms with Crippen molar-refractivity contribution in [3.8, 4) is 0 Å². The maximum absolute atomic E-state index is 3.98. The van der Waals surface area contributed by atoms with E-state index >= 15 is 0 Å². The molecule has 0 bridgehead atoms. The van der Waals surface area contributed by atoms with E-state index in [2.05, 4.69) is 31.9 Å². The summed E-state index contributed by atoms with van der Waals surface area (Å²) >= 11 is 0. The quantitative estimate of drug-likeness (QED) is 0.408. The van der Waals surface area contributed by atoms with Gasteiger partial charge in [0.05, 0.1) is 0 Å². The standard InChI is InChI=1S/C12H23N/c1-5-7-9-11-13(12(3)4)10-8-6-2/h6H,2-3,5,7-11H2,1,4H3. The van der Waals surface area contributed by atoms with Crippen LogP contribution in [0, 0.1) is 0 Å². The van der Waals surface area contributed by atoms with Gasteiger partial charge in [0.15, 0.2) is 0 Å². The Kier molecular flexibility index (Phi) is 7.47. The van der Waals surface area contributed by atoms with Crippen LogP contribution in [-0.4, -0.2) is 18.0 Å². The molecule has 0 atom stereocenters. The van der Waals surface area contributed by atoms with E-state index in [1.807, 2.05) is 6.08 Å². The molecule has 0 aromatic heterocycles. The Labute approximate surface area is 83.1 Å². The van der Waals surface area contributed by atoms with Gasteiger partial charge < -0.3 is 4.90 Å². The molecule has 0 saturated heterocycles. The number of nitrogens with zero attached hydrogens (tertiary/aromatic N) is 1. The Bertz CT molecular complexity index is 149. The molecule has 0 aromatic rings. The van der Waals surface area contributed by atoms with E-state index in [1.54, 1.807) is 0 Å². The second-order valence-electron chi connectivity index (χ2n) is 3.51. The van der Waals surface area contributed by atoms with E-state index in [0.717, 1.165) is 19.5 Å². The molecular formula is C12H23N. The highest BCUT2D eigenvalue weighted by Crippen LogP contribution is 2.05. The van der Waals surface area contributed by atoms with Crippen molar-refractivity contribution in [1.29, 1.82) is 0 Å². The molecule has 0 aromatic carbocycles. The first-order valence-electron chi connectivity index (χ1n) is 5.23. The molecule has 13 heavy (non-hydrogen) atoms. The molecule has 0 fully saturated rings. The lowest BCUT2D eigenvalue weighted by Gasteiger charge is -2.23. The average Bonchev–Trinajstić information content (AvgIpc) is 2.10. The average molecular weight is 181 g/mol. The van der Waals surface area contributed by atoms with Gasteiger partial charge in [0.2, 0.25) is 0 Å². The van der Waals surface area contributed by atoms with Gasteiger partial charge in [0.25, 0.3) is 0 Å². The molecule has 0 spiro atoms. The van der Waals surface area contributed by atoms with E-state index in [0.29, 0.717) is 0 Å². The van der Waals surface area contributed by atoms with Crippen molar-refractivity contribution in [2.45, 2.75) is 39.5 Å². The van der Waals surface area contributed by atoms with E-state index in [4.69, 9.17) is 0 Å². The first-order valence-corrected chi connectivity index (χ1v) is 5.23. The van der Waals surface area contributed by atoms with Crippen LogP contribution in [0.25, 0.3) is 0 Å². The van der Waals surface area contributed by atoms with E-state index in [9.17, 15) is 0 Å². The minimum absolute atomic E-state index is 1.05. The molecule has 0 aliphatic carbocycles. The molecule has 1 nitrogen and oxygen atoms in total. The predicted molar refractivity (Wildman–Crippen MR) is 60.7 cm³/mol. The molecule has 0 amide bonds. The highest BCUT2D eigenvalue weighted by Gasteiger charge is 2.01. The predicted octanol–water partition coefficient (Wildman–Crippen LogP) is 3.59. The largest absolute Gasteiger partial charge is 0.375 e. The first kappa shape index (κ1) is 12.3. The molecule has 0 heterocycles. The Morgan fingerprint density at radius 3 is 2.46 bits per heavy atom. The Hall–Kier alpha value is -0.720. The maximum Gasteiger partial charge on any atom is 0.0209 e. The normalized spacial score (nSPS) is 9.69. The number of allylic oxidation sites excluding steroid dienone is 1. The van der Waals surface area contributed by atoms with Crippen molar-refractivity contribution < 1.29 is 0 Å². The van der Waals surface area contributed by atoms with Gasteiger partial charge in [-0.1, -0.05) is 32.4 Å². The summed E-state index contributed by atoms with van der Waals surface area (Å²) in [6.07, 6.45) is 6.90. The van der Waals surface area contributed by atoms with Crippen molar-refractivity contribution in [3.63, 3.8) is 0 Å². The van der Waals surface area contributed by atoms with Crippen LogP contribution >= 0.6 is 0 Å². The monoisotopic (exact) mass is 181 g/mol. The Balaban J connectivity index is 3.66. The maximum atomic E-state index is 3.98. The summed E-state index contributed by atoms with van der Waals surface area (Å²) in [6, 6.07) is 0. The van der Waals surface area contributed by atoms with Gasteiger partial charge in [-0.15, -0.1) is 6.58 Å². The first-order chi connectivity index (χ1) is 6.22. The van der Waals surface area contributed by atoms with Crippen LogP contribution in [0.5, 0.6) is 0 Å². The van der Waals surface area contributed by atoms with Gasteiger partial charge in [-0.3, -0.25) is 0 Å². The van der Waals surface area contributed by atoms with Crippen molar-refractivity contribution in [1.82, 2.24) is 4.90 Å². The van der Waals surface area contributed by atoms with Gasteiger partial charge in [-0.25, -0.2) is 0 Å². The van der Waals surface area contributed by atoms with Gasteiger partial charge in [-0.2, -0.15) is 0 Å². The number of hydrogen-bond acceptors (Lipinski definition) is 1. The number of hydrogen-bond donors (Lipinski definition) is 0. The zero-order valence-electron chi connectivity index (χ0n) is 9.18. The third kappa shape index (κ3) is 6.44. The molecule has 0 saturated carbocycles. The van der Waals surface area contributed by atoms with Crippen LogP contribution in [0.4, 0.5) is 0 Å². The fourth-order valence-corrected chi connectivity index (χ4v) is 1.29. The minimum atomic E-state index is 1.05. The van der Waals surface area contributed by atoms with E-state index < -0.39 is 0 Å². The summed E-state index contributed by atoms with van der Waals surface area (Å²) in [5.41, 5.74) is 1.18. The molecule has 0 radical (unpaired) electrons. The summed E-state index contributed by atoms with van der Waals surface area (Å²) in [5, 5.41) is 0. The van der Waals surface area contributed by atoms with Crippen LogP contribution < -0.4 is 0 Å². The molecule has 0 rings (SSSR count). The smallest absolute Gasteiger partial charge is 0.0209 e. The molecule has 0 aliphatic rings. The highest BCUT2D eigenvalue weighted by molar-refractivity contribution is 4.89. The SMILES string of the molecule is C=CCCN(CCCCC)C(=C)C. The molecule has 76 valence electrons. The molecule has 0 aliphatic heterocycles. The lowest BCUT2D eigenvalue weighted by molar-refractivity contribution is 0.342. The van der Waals surface area contributed by atoms with Crippen LogP contribution in [0.2, 0.25) is 0 Å². The van der Waals surface area contributed by atoms with Gasteiger partial charge in [0, 0.05) is 18.8 Å². The van der Waals surface area contributed by atoms with Crippen LogP contribution in [0.3, 0.4) is 0 Å². The number of rotatable bonds is 8. The van der Waals surface area contributed by atoms with Gasteiger partial charge in [0.1, 0.15) is 0 Å². The molecule has 0 unspecified atom stereocenters. The van der Waals surface area contributed by atoms with Gasteiger partial charge in [-0.05, 0) is 19.8 Å². The van der Waals surface area contributed by atoms with Gasteiger partial charge >= 0.3 is 0 Å². The van der Waals surface area contributed by atoms with Crippen molar-refractivity contribution >= 4 is 0 Å². The summed E-state index contributed by atoms with van der Waals surface area (Å²) < 4.78 is 0. The topological polar surface area (TPSA) is 3.24 Å². The van der Waals surface area contributed by atoms with Crippen molar-refractivity contribution in [2.24, 2.45) is 0 Å². The fourth-order valence-electron chi connectivity index (χ4n) is 1.29. The lowest BCUT2D eigenvalue weighted by Crippen LogP contribution is -2.23. The second-order valence-corrected chi connectivity index (χ2v) is 3.51. The molecule has 0 N–H and O–H groups in total. The fraction of sp³-hybridized carbons (Fsp3) is 0.667. The molecule has 1 heteroatoms. The van der Waals surface area contributed by atoms with Crippen molar-refractivity contribution in [2.75, 3.05) is 13.1 Å². The molecular weight excluding hydrogens is 158 g/mol. The zero-order chi connectivity index (χ0) is 10.1. The van der Waals surface area contributed by atoms with Crippen LogP contribution in [-0.2, 0) is 0 Å². The number of unbranched alkanes of at least 4 members (excludes halogenated alkanes) is 2. The van der Waals surface area contributed by atoms with Crippen LogP contribution in [0.1, 0.15) is 39.5 Å².